The Morgan fingerprint density at radius 3 is 2.81 bits per heavy atom. The molecule has 1 aromatic rings. The second kappa shape index (κ2) is 4.91. The summed E-state index contributed by atoms with van der Waals surface area (Å²) in [4.78, 5) is 2.56. The standard InChI is InChI=1S/C18H25NO2/c1-3-18(11-14-5-4-8-19(14)2)7-6-13-9-16-17(10-15(13)18)21-12-20-16/h9-10,14H,3-8,11-12H2,1-2H3/t14-,18?/m1/s1. The highest BCUT2D eigenvalue weighted by molar-refractivity contribution is 5.53. The highest BCUT2D eigenvalue weighted by Gasteiger charge is 2.41. The van der Waals surface area contributed by atoms with Crippen LogP contribution in [0.1, 0.15) is 50.2 Å². The highest BCUT2D eigenvalue weighted by Crippen LogP contribution is 2.50. The quantitative estimate of drug-likeness (QED) is 0.849. The minimum absolute atomic E-state index is 0.347. The van der Waals surface area contributed by atoms with Crippen molar-refractivity contribution in [1.29, 1.82) is 0 Å². The molecule has 2 heterocycles. The van der Waals surface area contributed by atoms with Gasteiger partial charge in [-0.2, -0.15) is 0 Å². The molecule has 0 radical (unpaired) electrons. The van der Waals surface area contributed by atoms with Crippen LogP contribution in [-0.4, -0.2) is 31.3 Å². The molecule has 1 unspecified atom stereocenters. The van der Waals surface area contributed by atoms with Crippen LogP contribution >= 0.6 is 0 Å². The van der Waals surface area contributed by atoms with Crippen molar-refractivity contribution in [2.45, 2.75) is 56.9 Å². The number of fused-ring (bicyclic) bond motifs is 2. The zero-order valence-electron chi connectivity index (χ0n) is 13.2. The van der Waals surface area contributed by atoms with Crippen LogP contribution in [0, 0.1) is 0 Å². The second-order valence-corrected chi connectivity index (χ2v) is 6.98. The molecule has 0 amide bonds. The topological polar surface area (TPSA) is 21.7 Å². The third-order valence-corrected chi connectivity index (χ3v) is 6.02. The SMILES string of the molecule is CCC1(C[C@H]2CCCN2C)CCc2cc3c(cc21)OCO3. The predicted molar refractivity (Wildman–Crippen MR) is 83.1 cm³/mol. The molecule has 1 aromatic carbocycles. The zero-order chi connectivity index (χ0) is 14.4. The van der Waals surface area contributed by atoms with Crippen molar-refractivity contribution < 1.29 is 9.47 Å². The number of nitrogens with zero attached hydrogens (tertiary/aromatic N) is 1. The largest absolute Gasteiger partial charge is 0.454 e. The molecular weight excluding hydrogens is 262 g/mol. The maximum atomic E-state index is 5.62. The lowest BCUT2D eigenvalue weighted by Gasteiger charge is -2.34. The van der Waals surface area contributed by atoms with Gasteiger partial charge in [0.1, 0.15) is 0 Å². The average Bonchev–Trinajstić information content (AvgIpc) is 3.18. The number of hydrogen-bond donors (Lipinski definition) is 0. The molecule has 0 saturated carbocycles. The van der Waals surface area contributed by atoms with Crippen LogP contribution in [0.25, 0.3) is 0 Å². The third kappa shape index (κ3) is 2.05. The van der Waals surface area contributed by atoms with E-state index in [4.69, 9.17) is 9.47 Å². The Balaban J connectivity index is 1.69. The summed E-state index contributed by atoms with van der Waals surface area (Å²) < 4.78 is 11.2. The van der Waals surface area contributed by atoms with Gasteiger partial charge in [-0.25, -0.2) is 0 Å². The summed E-state index contributed by atoms with van der Waals surface area (Å²) in [5.41, 5.74) is 3.37. The Labute approximate surface area is 127 Å². The lowest BCUT2D eigenvalue weighted by molar-refractivity contribution is 0.173. The molecule has 4 rings (SSSR count). The summed E-state index contributed by atoms with van der Waals surface area (Å²) in [6.07, 6.45) is 7.71. The van der Waals surface area contributed by atoms with Crippen molar-refractivity contribution in [1.82, 2.24) is 4.90 Å². The van der Waals surface area contributed by atoms with Gasteiger partial charge in [-0.3, -0.25) is 0 Å². The molecule has 3 aliphatic rings. The van der Waals surface area contributed by atoms with Gasteiger partial charge in [0, 0.05) is 6.04 Å². The van der Waals surface area contributed by atoms with E-state index < -0.39 is 0 Å². The summed E-state index contributed by atoms with van der Waals surface area (Å²) in [6, 6.07) is 5.26. The Kier molecular flexibility index (Phi) is 3.14. The van der Waals surface area contributed by atoms with Crippen LogP contribution in [0.4, 0.5) is 0 Å². The van der Waals surface area contributed by atoms with Crippen LogP contribution in [0.5, 0.6) is 11.5 Å². The van der Waals surface area contributed by atoms with Crippen molar-refractivity contribution in [2.75, 3.05) is 20.4 Å². The normalized spacial score (nSPS) is 30.9. The van der Waals surface area contributed by atoms with Crippen LogP contribution in [0.3, 0.4) is 0 Å². The van der Waals surface area contributed by atoms with Gasteiger partial charge in [0.15, 0.2) is 11.5 Å². The monoisotopic (exact) mass is 287 g/mol. The van der Waals surface area contributed by atoms with Gasteiger partial charge in [-0.05, 0) is 80.8 Å². The Hall–Kier alpha value is -1.22. The lowest BCUT2D eigenvalue weighted by atomic mass is 9.74. The number of rotatable bonds is 3. The van der Waals surface area contributed by atoms with E-state index in [2.05, 4.69) is 31.0 Å². The molecule has 2 atom stereocenters. The van der Waals surface area contributed by atoms with Crippen molar-refractivity contribution in [2.24, 2.45) is 0 Å². The summed E-state index contributed by atoms with van der Waals surface area (Å²) in [5.74, 6) is 1.90. The fourth-order valence-corrected chi connectivity index (χ4v) is 4.60. The number of benzene rings is 1. The van der Waals surface area contributed by atoms with E-state index in [1.165, 1.54) is 56.2 Å². The number of hydrogen-bond acceptors (Lipinski definition) is 3. The number of aryl methyl sites for hydroxylation is 1. The van der Waals surface area contributed by atoms with Crippen molar-refractivity contribution >= 4 is 0 Å². The molecular formula is C18H25NO2. The molecule has 0 spiro atoms. The molecule has 1 fully saturated rings. The van der Waals surface area contributed by atoms with Gasteiger partial charge < -0.3 is 14.4 Å². The zero-order valence-corrected chi connectivity index (χ0v) is 13.2. The second-order valence-electron chi connectivity index (χ2n) is 6.98. The Morgan fingerprint density at radius 2 is 2.10 bits per heavy atom. The van der Waals surface area contributed by atoms with Crippen LogP contribution < -0.4 is 9.47 Å². The maximum Gasteiger partial charge on any atom is 0.231 e. The summed E-state index contributed by atoms with van der Waals surface area (Å²) in [7, 11) is 2.29. The first-order chi connectivity index (χ1) is 10.2. The first-order valence-corrected chi connectivity index (χ1v) is 8.35. The molecule has 0 aromatic heterocycles. The molecule has 3 heteroatoms. The molecule has 1 saturated heterocycles. The highest BCUT2D eigenvalue weighted by atomic mass is 16.7. The van der Waals surface area contributed by atoms with Crippen LogP contribution in [-0.2, 0) is 11.8 Å². The van der Waals surface area contributed by atoms with E-state index in [1.54, 1.807) is 0 Å². The van der Waals surface area contributed by atoms with Gasteiger partial charge in [0.05, 0.1) is 0 Å². The molecule has 114 valence electrons. The predicted octanol–water partition coefficient (Wildman–Crippen LogP) is 3.49. The summed E-state index contributed by atoms with van der Waals surface area (Å²) >= 11 is 0. The minimum atomic E-state index is 0.347. The van der Waals surface area contributed by atoms with Crippen LogP contribution in [0.15, 0.2) is 12.1 Å². The number of likely N-dealkylation sites (tertiary alicyclic amines) is 1. The molecule has 1 aliphatic carbocycles. The van der Waals surface area contributed by atoms with Gasteiger partial charge >= 0.3 is 0 Å². The Bertz CT molecular complexity index is 556. The van der Waals surface area contributed by atoms with Gasteiger partial charge in [0.25, 0.3) is 0 Å². The first kappa shape index (κ1) is 13.4. The van der Waals surface area contributed by atoms with E-state index >= 15 is 0 Å². The first-order valence-electron chi connectivity index (χ1n) is 8.35. The van der Waals surface area contributed by atoms with E-state index in [0.29, 0.717) is 12.2 Å². The van der Waals surface area contributed by atoms with Gasteiger partial charge in [-0.1, -0.05) is 6.92 Å². The van der Waals surface area contributed by atoms with E-state index in [1.807, 2.05) is 0 Å². The van der Waals surface area contributed by atoms with Gasteiger partial charge in [-0.15, -0.1) is 0 Å². The van der Waals surface area contributed by atoms with Crippen molar-refractivity contribution in [3.05, 3.63) is 23.3 Å². The summed E-state index contributed by atoms with van der Waals surface area (Å²) in [6.45, 7) is 4.00. The smallest absolute Gasteiger partial charge is 0.231 e. The Morgan fingerprint density at radius 1 is 1.29 bits per heavy atom. The summed E-state index contributed by atoms with van der Waals surface area (Å²) in [5, 5.41) is 0. The molecule has 0 N–H and O–H groups in total. The van der Waals surface area contributed by atoms with E-state index in [0.717, 1.165) is 17.5 Å². The molecule has 0 bridgehead atoms. The van der Waals surface area contributed by atoms with E-state index in [9.17, 15) is 0 Å². The van der Waals surface area contributed by atoms with Crippen molar-refractivity contribution in [3.8, 4) is 11.5 Å². The molecule has 3 nitrogen and oxygen atoms in total. The molecule has 2 aliphatic heterocycles. The maximum absolute atomic E-state index is 5.62. The van der Waals surface area contributed by atoms with Crippen molar-refractivity contribution in [3.63, 3.8) is 0 Å². The van der Waals surface area contributed by atoms with E-state index in [-0.39, 0.29) is 0 Å². The van der Waals surface area contributed by atoms with Gasteiger partial charge in [0.2, 0.25) is 6.79 Å². The lowest BCUT2D eigenvalue weighted by Crippen LogP contribution is -2.34. The minimum Gasteiger partial charge on any atom is -0.454 e. The third-order valence-electron chi connectivity index (χ3n) is 6.02. The fraction of sp³-hybridized carbons (Fsp3) is 0.667. The van der Waals surface area contributed by atoms with Crippen LogP contribution in [0.2, 0.25) is 0 Å². The molecule has 21 heavy (non-hydrogen) atoms. The average molecular weight is 287 g/mol. The number of ether oxygens (including phenoxy) is 2. The fourth-order valence-electron chi connectivity index (χ4n) is 4.60.